The van der Waals surface area contributed by atoms with E-state index in [0.29, 0.717) is 17.3 Å². The molecule has 38 heavy (non-hydrogen) atoms. The minimum Gasteiger partial charge on any atom is -0.369 e. The van der Waals surface area contributed by atoms with Crippen LogP contribution in [0.2, 0.25) is 0 Å². The third-order valence-corrected chi connectivity index (χ3v) is 8.59. The highest BCUT2D eigenvalue weighted by Gasteiger charge is 2.16. The summed E-state index contributed by atoms with van der Waals surface area (Å²) in [7, 11) is -1.25. The molecule has 0 radical (unpaired) electrons. The molecular formula is C30H33N5O2S. The quantitative estimate of drug-likeness (QED) is 0.351. The first-order valence-corrected chi connectivity index (χ1v) is 14.5. The predicted octanol–water partition coefficient (Wildman–Crippen LogP) is 4.85. The lowest BCUT2D eigenvalue weighted by Crippen LogP contribution is -2.44. The van der Waals surface area contributed by atoms with Crippen LogP contribution in [0.25, 0.3) is 0 Å². The number of aryl methyl sites for hydroxylation is 1. The van der Waals surface area contributed by atoms with Gasteiger partial charge in [0.05, 0.1) is 16.3 Å². The molecule has 0 atom stereocenters. The lowest BCUT2D eigenvalue weighted by molar-refractivity contribution is 0.313. The highest BCUT2D eigenvalue weighted by Crippen LogP contribution is 2.23. The van der Waals surface area contributed by atoms with Crippen LogP contribution >= 0.6 is 0 Å². The van der Waals surface area contributed by atoms with E-state index in [0.717, 1.165) is 54.3 Å². The SMILES string of the molecule is Cc1cnc(Nc2ccc(N3CCN(C)CC3)cc2)nc1Cc1cccc(CS(=O)(=O)c2ccccc2)c1. The predicted molar refractivity (Wildman–Crippen MR) is 153 cm³/mol. The standard InChI is InChI=1S/C30H33N5O2S/c1-23-21-31-30(32-26-11-13-27(14-12-26)35-17-15-34(2)16-18-35)33-29(23)20-24-7-6-8-25(19-24)22-38(36,37)28-9-4-3-5-10-28/h3-14,19,21H,15-18,20,22H2,1-2H3,(H,31,32,33). The third kappa shape index (κ3) is 6.38. The molecule has 1 aromatic heterocycles. The molecule has 5 rings (SSSR count). The van der Waals surface area contributed by atoms with Crippen LogP contribution in [0.3, 0.4) is 0 Å². The van der Waals surface area contributed by atoms with Gasteiger partial charge in [-0.25, -0.2) is 18.4 Å². The van der Waals surface area contributed by atoms with E-state index >= 15 is 0 Å². The van der Waals surface area contributed by atoms with Crippen molar-refractivity contribution in [2.45, 2.75) is 24.0 Å². The second-order valence-corrected chi connectivity index (χ2v) is 11.8. The maximum atomic E-state index is 12.8. The number of sulfone groups is 1. The highest BCUT2D eigenvalue weighted by atomic mass is 32.2. The normalized spacial score (nSPS) is 14.4. The number of hydrogen-bond donors (Lipinski definition) is 1. The fraction of sp³-hybridized carbons (Fsp3) is 0.267. The fourth-order valence-corrected chi connectivity index (χ4v) is 5.98. The number of anilines is 3. The van der Waals surface area contributed by atoms with Crippen LogP contribution in [-0.2, 0) is 22.0 Å². The molecule has 1 aliphatic rings. The first-order valence-electron chi connectivity index (χ1n) is 12.8. The number of hydrogen-bond acceptors (Lipinski definition) is 7. The molecule has 196 valence electrons. The number of likely N-dealkylation sites (N-methyl/N-ethyl adjacent to an activating group) is 1. The van der Waals surface area contributed by atoms with E-state index in [-0.39, 0.29) is 5.75 Å². The number of rotatable bonds is 8. The van der Waals surface area contributed by atoms with Crippen LogP contribution in [0.1, 0.15) is 22.4 Å². The fourth-order valence-electron chi connectivity index (χ4n) is 4.62. The monoisotopic (exact) mass is 527 g/mol. The molecule has 2 heterocycles. The van der Waals surface area contributed by atoms with Crippen molar-refractivity contribution in [2.75, 3.05) is 43.4 Å². The van der Waals surface area contributed by atoms with Gasteiger partial charge >= 0.3 is 0 Å². The molecule has 1 N–H and O–H groups in total. The maximum Gasteiger partial charge on any atom is 0.227 e. The van der Waals surface area contributed by atoms with Crippen molar-refractivity contribution in [3.8, 4) is 0 Å². The summed E-state index contributed by atoms with van der Waals surface area (Å²) in [6.45, 7) is 6.21. The lowest BCUT2D eigenvalue weighted by Gasteiger charge is -2.34. The lowest BCUT2D eigenvalue weighted by atomic mass is 10.0. The van der Waals surface area contributed by atoms with E-state index in [1.165, 1.54) is 5.69 Å². The van der Waals surface area contributed by atoms with Gasteiger partial charge in [-0.2, -0.15) is 0 Å². The van der Waals surface area contributed by atoms with Crippen LogP contribution < -0.4 is 10.2 Å². The van der Waals surface area contributed by atoms with E-state index < -0.39 is 9.84 Å². The Morgan fingerprint density at radius 2 is 1.58 bits per heavy atom. The van der Waals surface area contributed by atoms with Crippen LogP contribution in [0.15, 0.2) is 90.0 Å². The van der Waals surface area contributed by atoms with E-state index in [1.807, 2.05) is 43.5 Å². The molecule has 1 saturated heterocycles. The second-order valence-electron chi connectivity index (χ2n) is 9.85. The van der Waals surface area contributed by atoms with Gasteiger partial charge in [0.1, 0.15) is 0 Å². The first kappa shape index (κ1) is 25.9. The summed E-state index contributed by atoms with van der Waals surface area (Å²) in [5, 5.41) is 3.33. The molecule has 0 unspecified atom stereocenters. The van der Waals surface area contributed by atoms with Gasteiger partial charge in [0.15, 0.2) is 9.84 Å². The summed E-state index contributed by atoms with van der Waals surface area (Å²) in [6, 6.07) is 24.7. The Kier molecular flexibility index (Phi) is 7.72. The summed E-state index contributed by atoms with van der Waals surface area (Å²) >= 11 is 0. The Labute approximate surface area is 225 Å². The molecule has 7 nitrogen and oxygen atoms in total. The third-order valence-electron chi connectivity index (χ3n) is 6.89. The van der Waals surface area contributed by atoms with Crippen molar-refractivity contribution in [1.29, 1.82) is 0 Å². The number of nitrogens with zero attached hydrogens (tertiary/aromatic N) is 4. The molecule has 8 heteroatoms. The van der Waals surface area contributed by atoms with Crippen LogP contribution in [0.5, 0.6) is 0 Å². The van der Waals surface area contributed by atoms with Gasteiger partial charge in [-0.3, -0.25) is 0 Å². The summed E-state index contributed by atoms with van der Waals surface area (Å²) in [6.07, 6.45) is 2.41. The van der Waals surface area contributed by atoms with Crippen molar-refractivity contribution in [3.05, 3.63) is 107 Å². The van der Waals surface area contributed by atoms with Gasteiger partial charge in [-0.15, -0.1) is 0 Å². The molecule has 0 aliphatic carbocycles. The number of benzene rings is 3. The summed E-state index contributed by atoms with van der Waals surface area (Å²) in [4.78, 5) is 14.3. The molecule has 0 saturated carbocycles. The molecule has 4 aromatic rings. The number of nitrogens with one attached hydrogen (secondary N) is 1. The minimum absolute atomic E-state index is 0.0372. The first-order chi connectivity index (χ1) is 18.4. The average molecular weight is 528 g/mol. The van der Waals surface area contributed by atoms with E-state index in [1.54, 1.807) is 24.3 Å². The van der Waals surface area contributed by atoms with Crippen molar-refractivity contribution in [3.63, 3.8) is 0 Å². The zero-order valence-corrected chi connectivity index (χ0v) is 22.7. The van der Waals surface area contributed by atoms with Crippen LogP contribution in [-0.4, -0.2) is 56.5 Å². The molecular weight excluding hydrogens is 494 g/mol. The van der Waals surface area contributed by atoms with Crippen molar-refractivity contribution >= 4 is 27.2 Å². The van der Waals surface area contributed by atoms with Crippen molar-refractivity contribution < 1.29 is 8.42 Å². The van der Waals surface area contributed by atoms with Crippen molar-refractivity contribution in [1.82, 2.24) is 14.9 Å². The van der Waals surface area contributed by atoms with Gasteiger partial charge in [0, 0.05) is 50.2 Å². The molecule has 1 fully saturated rings. The molecule has 0 amide bonds. The van der Waals surface area contributed by atoms with Gasteiger partial charge in [-0.05, 0) is 67.1 Å². The smallest absolute Gasteiger partial charge is 0.227 e. The van der Waals surface area contributed by atoms with Gasteiger partial charge in [0.2, 0.25) is 5.95 Å². The zero-order valence-electron chi connectivity index (χ0n) is 21.8. The van der Waals surface area contributed by atoms with E-state index in [9.17, 15) is 8.42 Å². The minimum atomic E-state index is -3.41. The van der Waals surface area contributed by atoms with Crippen LogP contribution in [0, 0.1) is 6.92 Å². The topological polar surface area (TPSA) is 78.4 Å². The Bertz CT molecular complexity index is 1480. The molecule has 1 aliphatic heterocycles. The average Bonchev–Trinajstić information content (AvgIpc) is 2.92. The molecule has 3 aromatic carbocycles. The Hall–Kier alpha value is -3.75. The summed E-state index contributed by atoms with van der Waals surface area (Å²) < 4.78 is 25.7. The number of piperazine rings is 1. The van der Waals surface area contributed by atoms with Gasteiger partial charge in [-0.1, -0.05) is 42.5 Å². The largest absolute Gasteiger partial charge is 0.369 e. The van der Waals surface area contributed by atoms with Crippen molar-refractivity contribution in [2.24, 2.45) is 0 Å². The maximum absolute atomic E-state index is 12.8. The summed E-state index contributed by atoms with van der Waals surface area (Å²) in [5.74, 6) is 0.505. The molecule has 0 spiro atoms. The summed E-state index contributed by atoms with van der Waals surface area (Å²) in [5.41, 5.74) is 5.82. The van der Waals surface area contributed by atoms with E-state index in [2.05, 4.69) is 51.4 Å². The van der Waals surface area contributed by atoms with Gasteiger partial charge < -0.3 is 15.1 Å². The molecule has 0 bridgehead atoms. The Morgan fingerprint density at radius 3 is 2.32 bits per heavy atom. The zero-order chi connectivity index (χ0) is 26.5. The Balaban J connectivity index is 1.27. The van der Waals surface area contributed by atoms with Crippen LogP contribution in [0.4, 0.5) is 17.3 Å². The van der Waals surface area contributed by atoms with Gasteiger partial charge in [0.25, 0.3) is 0 Å². The Morgan fingerprint density at radius 1 is 0.868 bits per heavy atom. The number of aromatic nitrogens is 2. The second kappa shape index (κ2) is 11.3. The highest BCUT2D eigenvalue weighted by molar-refractivity contribution is 7.90. The van der Waals surface area contributed by atoms with E-state index in [4.69, 9.17) is 4.98 Å².